The van der Waals surface area contributed by atoms with Crippen molar-refractivity contribution < 1.29 is 69.5 Å². The molecule has 2 atom stereocenters. The number of rotatable bonds is 15. The van der Waals surface area contributed by atoms with Gasteiger partial charge < -0.3 is 9.66 Å². The molecule has 0 aromatic heterocycles. The van der Waals surface area contributed by atoms with Crippen LogP contribution in [0.4, 0.5) is 0 Å². The van der Waals surface area contributed by atoms with Gasteiger partial charge in [0, 0.05) is 5.25 Å². The summed E-state index contributed by atoms with van der Waals surface area (Å²) >= 11 is 0. The second-order valence-corrected chi connectivity index (χ2v) is 8.02. The molecule has 1 N–H and O–H groups in total. The van der Waals surface area contributed by atoms with Gasteiger partial charge >= 0.3 is 51.4 Å². The molecular weight excluding hydrogens is 339 g/mol. The molecule has 0 bridgehead atoms. The monoisotopic (exact) mass is 374 g/mol. The van der Waals surface area contributed by atoms with E-state index in [2.05, 4.69) is 6.92 Å². The van der Waals surface area contributed by atoms with Gasteiger partial charge in [0.2, 0.25) is 0 Å². The van der Waals surface area contributed by atoms with Crippen LogP contribution in [0.1, 0.15) is 97.3 Å². The van der Waals surface area contributed by atoms with E-state index in [9.17, 15) is 18.1 Å². The van der Waals surface area contributed by atoms with Gasteiger partial charge in [-0.15, -0.1) is 0 Å². The smallest absolute Gasteiger partial charge is 0.748 e. The van der Waals surface area contributed by atoms with E-state index in [1.54, 1.807) is 0 Å². The molecule has 0 saturated carbocycles. The Morgan fingerprint density at radius 2 is 1.26 bits per heavy atom. The van der Waals surface area contributed by atoms with Crippen molar-refractivity contribution in [2.45, 2.75) is 109 Å². The molecule has 0 aliphatic rings. The first-order valence-electron chi connectivity index (χ1n) is 9.04. The van der Waals surface area contributed by atoms with Gasteiger partial charge in [-0.05, 0) is 25.7 Å². The second-order valence-electron chi connectivity index (χ2n) is 6.37. The maximum absolute atomic E-state index is 11.3. The van der Waals surface area contributed by atoms with Crippen LogP contribution in [0, 0.1) is 0 Å². The molecule has 0 aliphatic heterocycles. The molecule has 4 nitrogen and oxygen atoms in total. The van der Waals surface area contributed by atoms with Crippen LogP contribution in [0.15, 0.2) is 0 Å². The molecular formula is C17H35KO4S. The van der Waals surface area contributed by atoms with Gasteiger partial charge in [0.05, 0.1) is 16.2 Å². The van der Waals surface area contributed by atoms with Crippen molar-refractivity contribution in [2.75, 3.05) is 0 Å². The number of aliphatic hydroxyl groups excluding tert-OH is 1. The zero-order valence-electron chi connectivity index (χ0n) is 15.4. The van der Waals surface area contributed by atoms with E-state index < -0.39 is 15.4 Å². The maximum Gasteiger partial charge on any atom is 1.00 e. The molecule has 0 amide bonds. The fourth-order valence-corrected chi connectivity index (χ4v) is 3.63. The van der Waals surface area contributed by atoms with Crippen LogP contribution < -0.4 is 51.4 Å². The van der Waals surface area contributed by atoms with E-state index in [0.29, 0.717) is 12.8 Å². The minimum atomic E-state index is -4.15. The first-order chi connectivity index (χ1) is 10.4. The van der Waals surface area contributed by atoms with Crippen molar-refractivity contribution in [3.05, 3.63) is 0 Å². The third-order valence-electron chi connectivity index (χ3n) is 4.32. The minimum Gasteiger partial charge on any atom is -0.748 e. The summed E-state index contributed by atoms with van der Waals surface area (Å²) in [4.78, 5) is 0. The van der Waals surface area contributed by atoms with Gasteiger partial charge in [-0.25, -0.2) is 8.42 Å². The Bertz CT molecular complexity index is 347. The summed E-state index contributed by atoms with van der Waals surface area (Å²) in [5.74, 6) is 0. The third kappa shape index (κ3) is 16.7. The number of hydrogen-bond acceptors (Lipinski definition) is 4. The Morgan fingerprint density at radius 1 is 0.826 bits per heavy atom. The summed E-state index contributed by atoms with van der Waals surface area (Å²) in [6, 6.07) is 0. The standard InChI is InChI=1S/C17H36O4S.K/c1-3-5-6-11-14-17(22(19,20)21)15-12-9-7-8-10-13-16(18)4-2;/h16-18H,3-15H2,1-2H3,(H,19,20,21);/q;+1/p-1. The quantitative estimate of drug-likeness (QED) is 0.267. The Hall–Kier alpha value is 1.51. The van der Waals surface area contributed by atoms with Gasteiger partial charge in [0.1, 0.15) is 0 Å². The van der Waals surface area contributed by atoms with E-state index >= 15 is 0 Å². The van der Waals surface area contributed by atoms with Gasteiger partial charge in [0.25, 0.3) is 0 Å². The van der Waals surface area contributed by atoms with Gasteiger partial charge in [-0.1, -0.05) is 71.6 Å². The van der Waals surface area contributed by atoms with Crippen molar-refractivity contribution in [1.29, 1.82) is 0 Å². The summed E-state index contributed by atoms with van der Waals surface area (Å²) in [6.07, 6.45) is 11.5. The second kappa shape index (κ2) is 16.9. The predicted molar refractivity (Wildman–Crippen MR) is 90.9 cm³/mol. The van der Waals surface area contributed by atoms with Crippen molar-refractivity contribution >= 4 is 10.1 Å². The predicted octanol–water partition coefficient (Wildman–Crippen LogP) is 1.38. The molecule has 0 rings (SSSR count). The van der Waals surface area contributed by atoms with Crippen LogP contribution in [-0.4, -0.2) is 29.4 Å². The zero-order valence-corrected chi connectivity index (χ0v) is 19.4. The molecule has 23 heavy (non-hydrogen) atoms. The molecule has 0 radical (unpaired) electrons. The number of hydrogen-bond donors (Lipinski definition) is 1. The van der Waals surface area contributed by atoms with Gasteiger partial charge in [0.15, 0.2) is 0 Å². The van der Waals surface area contributed by atoms with Crippen LogP contribution in [-0.2, 0) is 10.1 Å². The van der Waals surface area contributed by atoms with E-state index in [4.69, 9.17) is 0 Å². The largest absolute Gasteiger partial charge is 1.00 e. The SMILES string of the molecule is CCCCCCC(CCCCCCCC(O)CC)S(=O)(=O)[O-].[K+]. The van der Waals surface area contributed by atoms with Crippen LogP contribution in [0.5, 0.6) is 0 Å². The maximum atomic E-state index is 11.3. The summed E-state index contributed by atoms with van der Waals surface area (Å²) in [7, 11) is -4.15. The van der Waals surface area contributed by atoms with E-state index in [-0.39, 0.29) is 57.5 Å². The topological polar surface area (TPSA) is 77.4 Å². The molecule has 0 aliphatic carbocycles. The summed E-state index contributed by atoms with van der Waals surface area (Å²) in [5, 5.41) is 8.75. The number of unbranched alkanes of at least 4 members (excludes halogenated alkanes) is 7. The zero-order chi connectivity index (χ0) is 16.8. The summed E-state index contributed by atoms with van der Waals surface area (Å²) in [5.41, 5.74) is 0. The Morgan fingerprint density at radius 3 is 1.70 bits per heavy atom. The van der Waals surface area contributed by atoms with E-state index in [1.807, 2.05) is 6.92 Å². The summed E-state index contributed by atoms with van der Waals surface area (Å²) < 4.78 is 33.9. The normalized spacial score (nSPS) is 14.3. The fraction of sp³-hybridized carbons (Fsp3) is 1.00. The molecule has 0 aromatic rings. The third-order valence-corrected chi connectivity index (χ3v) is 5.61. The average molecular weight is 375 g/mol. The molecule has 0 saturated heterocycles. The summed E-state index contributed by atoms with van der Waals surface area (Å²) in [6.45, 7) is 4.09. The van der Waals surface area contributed by atoms with Crippen molar-refractivity contribution in [1.82, 2.24) is 0 Å². The van der Waals surface area contributed by atoms with Crippen LogP contribution in [0.25, 0.3) is 0 Å². The fourth-order valence-electron chi connectivity index (χ4n) is 2.72. The average Bonchev–Trinajstić information content (AvgIpc) is 2.46. The molecule has 0 fully saturated rings. The minimum absolute atomic E-state index is 0. The van der Waals surface area contributed by atoms with Crippen LogP contribution in [0.2, 0.25) is 0 Å². The molecule has 0 aromatic carbocycles. The molecule has 2 unspecified atom stereocenters. The Labute approximate surface area is 186 Å². The Balaban J connectivity index is 0. The van der Waals surface area contributed by atoms with Crippen molar-refractivity contribution in [3.8, 4) is 0 Å². The first-order valence-corrected chi connectivity index (χ1v) is 10.5. The van der Waals surface area contributed by atoms with Crippen molar-refractivity contribution in [3.63, 3.8) is 0 Å². The van der Waals surface area contributed by atoms with E-state index in [1.165, 1.54) is 0 Å². The van der Waals surface area contributed by atoms with Crippen molar-refractivity contribution in [2.24, 2.45) is 0 Å². The van der Waals surface area contributed by atoms with Crippen LogP contribution in [0.3, 0.4) is 0 Å². The molecule has 0 spiro atoms. The van der Waals surface area contributed by atoms with Gasteiger partial charge in [-0.2, -0.15) is 0 Å². The van der Waals surface area contributed by atoms with Gasteiger partial charge in [-0.3, -0.25) is 0 Å². The molecule has 0 heterocycles. The molecule has 6 heteroatoms. The first kappa shape index (κ1) is 26.7. The van der Waals surface area contributed by atoms with E-state index in [0.717, 1.165) is 70.6 Å². The van der Waals surface area contributed by atoms with Crippen LogP contribution >= 0.6 is 0 Å². The Kier molecular flexibility index (Phi) is 19.7. The number of aliphatic hydroxyl groups is 1. The molecule has 134 valence electrons.